The molecule has 2 aromatic carbocycles. The number of benzene rings is 2. The molecule has 0 aliphatic carbocycles. The van der Waals surface area contributed by atoms with E-state index in [0.29, 0.717) is 0 Å². The lowest BCUT2D eigenvalue weighted by Crippen LogP contribution is -2.21. The molecule has 0 aliphatic rings. The Hall–Kier alpha value is -2.03. The molecule has 0 unspecified atom stereocenters. The maximum Gasteiger partial charge on any atom is 0.191 e. The molecule has 0 heterocycles. The summed E-state index contributed by atoms with van der Waals surface area (Å²) in [5.41, 5.74) is 12.7. The zero-order chi connectivity index (χ0) is 10.8. The summed E-state index contributed by atoms with van der Waals surface area (Å²) in [4.78, 5) is 4.01. The Balaban J connectivity index is 2.62. The second-order valence-electron chi connectivity index (χ2n) is 3.52. The van der Waals surface area contributed by atoms with Gasteiger partial charge in [0.25, 0.3) is 0 Å². The van der Waals surface area contributed by atoms with Gasteiger partial charge in [0.1, 0.15) is 0 Å². The third-order valence-electron chi connectivity index (χ3n) is 2.34. The number of aryl methyl sites for hydroxylation is 1. The molecule has 0 fully saturated rings. The van der Waals surface area contributed by atoms with Crippen LogP contribution in [0.25, 0.3) is 10.8 Å². The van der Waals surface area contributed by atoms with Crippen molar-refractivity contribution in [1.82, 2.24) is 0 Å². The highest BCUT2D eigenvalue weighted by molar-refractivity contribution is 5.89. The van der Waals surface area contributed by atoms with Gasteiger partial charge in [-0.15, -0.1) is 0 Å². The molecule has 76 valence electrons. The first kappa shape index (κ1) is 9.52. The van der Waals surface area contributed by atoms with Crippen LogP contribution in [-0.2, 0) is 0 Å². The van der Waals surface area contributed by atoms with Crippen LogP contribution in [0.3, 0.4) is 0 Å². The molecule has 0 atom stereocenters. The van der Waals surface area contributed by atoms with E-state index in [4.69, 9.17) is 11.5 Å². The lowest BCUT2D eigenvalue weighted by Gasteiger charge is -2.02. The van der Waals surface area contributed by atoms with E-state index in [9.17, 15) is 0 Å². The van der Waals surface area contributed by atoms with E-state index in [1.54, 1.807) is 0 Å². The summed E-state index contributed by atoms with van der Waals surface area (Å²) in [6.07, 6.45) is 0. The highest BCUT2D eigenvalue weighted by Crippen LogP contribution is 2.23. The number of aliphatic imine (C=N–C) groups is 1. The van der Waals surface area contributed by atoms with Crippen LogP contribution in [0.5, 0.6) is 0 Å². The van der Waals surface area contributed by atoms with Gasteiger partial charge in [-0.2, -0.15) is 0 Å². The van der Waals surface area contributed by atoms with Crippen molar-refractivity contribution in [1.29, 1.82) is 0 Å². The second-order valence-corrected chi connectivity index (χ2v) is 3.52. The molecule has 0 aromatic heterocycles. The number of nitrogens with zero attached hydrogens (tertiary/aromatic N) is 1. The first-order valence-corrected chi connectivity index (χ1v) is 4.76. The van der Waals surface area contributed by atoms with Crippen molar-refractivity contribution in [3.63, 3.8) is 0 Å². The van der Waals surface area contributed by atoms with Gasteiger partial charge < -0.3 is 11.5 Å². The van der Waals surface area contributed by atoms with E-state index < -0.39 is 0 Å². The number of guanidine groups is 1. The van der Waals surface area contributed by atoms with Crippen LogP contribution >= 0.6 is 0 Å². The van der Waals surface area contributed by atoms with Gasteiger partial charge in [0, 0.05) is 0 Å². The van der Waals surface area contributed by atoms with Gasteiger partial charge >= 0.3 is 0 Å². The maximum atomic E-state index is 5.33. The number of hydrogen-bond donors (Lipinski definition) is 2. The number of nitrogens with two attached hydrogens (primary N) is 2. The van der Waals surface area contributed by atoms with Crippen molar-refractivity contribution in [3.8, 4) is 0 Å². The first-order chi connectivity index (χ1) is 7.16. The maximum absolute atomic E-state index is 5.33. The molecule has 2 aromatic rings. The van der Waals surface area contributed by atoms with E-state index >= 15 is 0 Å². The normalized spacial score (nSPS) is 10.2. The van der Waals surface area contributed by atoms with E-state index in [2.05, 4.69) is 18.0 Å². The van der Waals surface area contributed by atoms with Gasteiger partial charge in [-0.05, 0) is 35.4 Å². The molecule has 0 amide bonds. The zero-order valence-electron chi connectivity index (χ0n) is 8.57. The minimum absolute atomic E-state index is 0.0852. The predicted molar refractivity (Wildman–Crippen MR) is 64.2 cm³/mol. The van der Waals surface area contributed by atoms with Crippen LogP contribution in [-0.4, -0.2) is 5.96 Å². The predicted octanol–water partition coefficient (Wildman–Crippen LogP) is 2.05. The van der Waals surface area contributed by atoms with E-state index in [-0.39, 0.29) is 5.96 Å². The number of fused-ring (bicyclic) bond motifs is 1. The molecule has 3 nitrogen and oxygen atoms in total. The van der Waals surface area contributed by atoms with Crippen LogP contribution in [0.4, 0.5) is 5.69 Å². The first-order valence-electron chi connectivity index (χ1n) is 4.76. The summed E-state index contributed by atoms with van der Waals surface area (Å²) in [6, 6.07) is 12.1. The van der Waals surface area contributed by atoms with Crippen molar-refractivity contribution in [2.45, 2.75) is 6.92 Å². The number of rotatable bonds is 1. The Labute approximate surface area is 88.4 Å². The minimum Gasteiger partial charge on any atom is -0.370 e. The highest BCUT2D eigenvalue weighted by Gasteiger charge is 1.97. The average molecular weight is 199 g/mol. The minimum atomic E-state index is 0.0852. The van der Waals surface area contributed by atoms with Gasteiger partial charge in [-0.25, -0.2) is 4.99 Å². The molecule has 0 radical (unpaired) electrons. The van der Waals surface area contributed by atoms with Gasteiger partial charge in [-0.3, -0.25) is 0 Å². The molecule has 3 heteroatoms. The van der Waals surface area contributed by atoms with Crippen LogP contribution in [0.1, 0.15) is 5.56 Å². The monoisotopic (exact) mass is 199 g/mol. The Morgan fingerprint density at radius 2 is 1.93 bits per heavy atom. The Morgan fingerprint density at radius 1 is 1.13 bits per heavy atom. The number of hydrogen-bond acceptors (Lipinski definition) is 1. The fourth-order valence-corrected chi connectivity index (χ4v) is 1.65. The summed E-state index contributed by atoms with van der Waals surface area (Å²) in [6.45, 7) is 2.09. The molecule has 0 bridgehead atoms. The summed E-state index contributed by atoms with van der Waals surface area (Å²) in [7, 11) is 0. The van der Waals surface area contributed by atoms with Crippen LogP contribution in [0, 0.1) is 6.92 Å². The van der Waals surface area contributed by atoms with Crippen molar-refractivity contribution in [3.05, 3.63) is 42.0 Å². The Kier molecular flexibility index (Phi) is 2.29. The van der Waals surface area contributed by atoms with E-state index in [0.717, 1.165) is 11.1 Å². The van der Waals surface area contributed by atoms with Gasteiger partial charge in [0.15, 0.2) is 5.96 Å². The topological polar surface area (TPSA) is 64.4 Å². The van der Waals surface area contributed by atoms with Gasteiger partial charge in [-0.1, -0.05) is 24.3 Å². The van der Waals surface area contributed by atoms with Gasteiger partial charge in [0.05, 0.1) is 5.69 Å². The standard InChI is InChI=1S/C12H13N3/c1-8-3-2-4-9-7-10(15-12(13)14)5-6-11(8)9/h2-7H,1H3,(H4,13,14,15). The van der Waals surface area contributed by atoms with Crippen LogP contribution in [0.2, 0.25) is 0 Å². The van der Waals surface area contributed by atoms with Crippen molar-refractivity contribution in [2.24, 2.45) is 16.5 Å². The smallest absolute Gasteiger partial charge is 0.191 e. The van der Waals surface area contributed by atoms with Gasteiger partial charge in [0.2, 0.25) is 0 Å². The highest BCUT2D eigenvalue weighted by atomic mass is 15.0. The SMILES string of the molecule is Cc1cccc2cc(N=C(N)N)ccc12. The quantitative estimate of drug-likeness (QED) is 0.545. The molecule has 0 aliphatic heterocycles. The molecule has 0 spiro atoms. The summed E-state index contributed by atoms with van der Waals surface area (Å²) >= 11 is 0. The Bertz CT molecular complexity index is 525. The fourth-order valence-electron chi connectivity index (χ4n) is 1.65. The fraction of sp³-hybridized carbons (Fsp3) is 0.0833. The van der Waals surface area contributed by atoms with Crippen LogP contribution < -0.4 is 11.5 Å². The Morgan fingerprint density at radius 3 is 2.67 bits per heavy atom. The molecular formula is C12H13N3. The lowest BCUT2D eigenvalue weighted by atomic mass is 10.1. The largest absolute Gasteiger partial charge is 0.370 e. The molecule has 0 saturated heterocycles. The van der Waals surface area contributed by atoms with E-state index in [1.165, 1.54) is 10.9 Å². The summed E-state index contributed by atoms with van der Waals surface area (Å²) in [5, 5.41) is 2.38. The molecule has 4 N–H and O–H groups in total. The third-order valence-corrected chi connectivity index (χ3v) is 2.34. The second kappa shape index (κ2) is 3.61. The van der Waals surface area contributed by atoms with Crippen molar-refractivity contribution < 1.29 is 0 Å². The molecular weight excluding hydrogens is 186 g/mol. The summed E-state index contributed by atoms with van der Waals surface area (Å²) < 4.78 is 0. The molecule has 15 heavy (non-hydrogen) atoms. The third kappa shape index (κ3) is 1.91. The van der Waals surface area contributed by atoms with E-state index in [1.807, 2.05) is 30.3 Å². The van der Waals surface area contributed by atoms with Crippen molar-refractivity contribution in [2.75, 3.05) is 0 Å². The average Bonchev–Trinajstić information content (AvgIpc) is 2.17. The zero-order valence-corrected chi connectivity index (χ0v) is 8.57. The van der Waals surface area contributed by atoms with Crippen molar-refractivity contribution >= 4 is 22.4 Å². The lowest BCUT2D eigenvalue weighted by molar-refractivity contribution is 1.43. The molecule has 2 rings (SSSR count). The molecule has 0 saturated carbocycles. The van der Waals surface area contributed by atoms with Crippen LogP contribution in [0.15, 0.2) is 41.4 Å². The summed E-state index contributed by atoms with van der Waals surface area (Å²) in [5.74, 6) is 0.0852.